The third-order valence-electron chi connectivity index (χ3n) is 4.76. The van der Waals surface area contributed by atoms with E-state index in [2.05, 4.69) is 15.3 Å². The predicted molar refractivity (Wildman–Crippen MR) is 85.4 cm³/mol. The summed E-state index contributed by atoms with van der Waals surface area (Å²) < 4.78 is 14.2. The van der Waals surface area contributed by atoms with E-state index < -0.39 is 5.82 Å². The second kappa shape index (κ2) is 6.66. The Morgan fingerprint density at radius 1 is 1.30 bits per heavy atom. The highest BCUT2D eigenvalue weighted by Crippen LogP contribution is 2.26. The SMILES string of the molecule is CNC1CCCN([C@@H]2CCCN(c3ncnc(N)c3F)C2)C1=O. The third kappa shape index (κ3) is 3.08. The van der Waals surface area contributed by atoms with Crippen LogP contribution in [0, 0.1) is 5.82 Å². The quantitative estimate of drug-likeness (QED) is 0.836. The van der Waals surface area contributed by atoms with Gasteiger partial charge in [0.25, 0.3) is 0 Å². The molecule has 1 amide bonds. The first-order chi connectivity index (χ1) is 11.1. The highest BCUT2D eigenvalue weighted by molar-refractivity contribution is 5.83. The average Bonchev–Trinajstić information content (AvgIpc) is 2.58. The van der Waals surface area contributed by atoms with Crippen molar-refractivity contribution in [3.8, 4) is 0 Å². The monoisotopic (exact) mass is 322 g/mol. The lowest BCUT2D eigenvalue weighted by Gasteiger charge is -2.43. The van der Waals surface area contributed by atoms with Gasteiger partial charge < -0.3 is 20.9 Å². The van der Waals surface area contributed by atoms with Gasteiger partial charge in [0.05, 0.1) is 6.04 Å². The minimum absolute atomic E-state index is 0.0861. The molecular formula is C15H23FN6O. The van der Waals surface area contributed by atoms with Crippen molar-refractivity contribution < 1.29 is 9.18 Å². The van der Waals surface area contributed by atoms with Crippen molar-refractivity contribution in [2.24, 2.45) is 0 Å². The van der Waals surface area contributed by atoms with E-state index >= 15 is 0 Å². The van der Waals surface area contributed by atoms with Gasteiger partial charge in [-0.3, -0.25) is 4.79 Å². The molecule has 0 aliphatic carbocycles. The minimum atomic E-state index is -0.578. The topological polar surface area (TPSA) is 87.4 Å². The zero-order valence-electron chi connectivity index (χ0n) is 13.3. The maximum absolute atomic E-state index is 14.2. The third-order valence-corrected chi connectivity index (χ3v) is 4.76. The lowest BCUT2D eigenvalue weighted by atomic mass is 9.98. The highest BCUT2D eigenvalue weighted by Gasteiger charge is 2.35. The number of aromatic nitrogens is 2. The van der Waals surface area contributed by atoms with Gasteiger partial charge in [-0.25, -0.2) is 9.97 Å². The first-order valence-corrected chi connectivity index (χ1v) is 8.10. The Bertz CT molecular complexity index is 583. The van der Waals surface area contributed by atoms with Crippen LogP contribution in [0.1, 0.15) is 25.7 Å². The number of likely N-dealkylation sites (tertiary alicyclic amines) is 1. The van der Waals surface area contributed by atoms with E-state index in [9.17, 15) is 9.18 Å². The molecule has 1 aromatic heterocycles. The predicted octanol–water partition coefficient (Wildman–Crippen LogP) is 0.377. The molecule has 2 fully saturated rings. The van der Waals surface area contributed by atoms with Crippen LogP contribution in [0.15, 0.2) is 6.33 Å². The van der Waals surface area contributed by atoms with Crippen molar-refractivity contribution in [1.82, 2.24) is 20.2 Å². The molecular weight excluding hydrogens is 299 g/mol. The Kier molecular flexibility index (Phi) is 4.61. The van der Waals surface area contributed by atoms with E-state index in [0.717, 1.165) is 32.2 Å². The maximum atomic E-state index is 14.2. The molecule has 2 atom stereocenters. The number of nitrogens with two attached hydrogens (primary N) is 1. The van der Waals surface area contributed by atoms with Crippen molar-refractivity contribution in [2.45, 2.75) is 37.8 Å². The van der Waals surface area contributed by atoms with E-state index in [-0.39, 0.29) is 29.6 Å². The fraction of sp³-hybridized carbons (Fsp3) is 0.667. The number of halogens is 1. The number of carbonyl (C=O) groups is 1. The Hall–Kier alpha value is -1.96. The Morgan fingerprint density at radius 3 is 2.87 bits per heavy atom. The van der Waals surface area contributed by atoms with Crippen molar-refractivity contribution in [2.75, 3.05) is 37.3 Å². The molecule has 2 aliphatic rings. The molecule has 7 nitrogen and oxygen atoms in total. The van der Waals surface area contributed by atoms with Gasteiger partial charge >= 0.3 is 0 Å². The fourth-order valence-corrected chi connectivity index (χ4v) is 3.53. The number of rotatable bonds is 3. The fourth-order valence-electron chi connectivity index (χ4n) is 3.53. The molecule has 23 heavy (non-hydrogen) atoms. The molecule has 1 aromatic rings. The molecule has 0 spiro atoms. The smallest absolute Gasteiger partial charge is 0.240 e. The van der Waals surface area contributed by atoms with E-state index in [0.29, 0.717) is 13.1 Å². The second-order valence-corrected chi connectivity index (χ2v) is 6.15. The molecule has 126 valence electrons. The summed E-state index contributed by atoms with van der Waals surface area (Å²) in [5.74, 6) is -0.335. The number of nitrogen functional groups attached to an aromatic ring is 1. The molecule has 3 N–H and O–H groups in total. The van der Waals surface area contributed by atoms with Gasteiger partial charge in [0.15, 0.2) is 11.6 Å². The summed E-state index contributed by atoms with van der Waals surface area (Å²) >= 11 is 0. The summed E-state index contributed by atoms with van der Waals surface area (Å²) in [6, 6.07) is -0.0199. The number of hydrogen-bond donors (Lipinski definition) is 2. The number of anilines is 2. The van der Waals surface area contributed by atoms with Crippen molar-refractivity contribution in [1.29, 1.82) is 0 Å². The van der Waals surface area contributed by atoms with Gasteiger partial charge in [0.2, 0.25) is 11.7 Å². The zero-order chi connectivity index (χ0) is 16.4. The second-order valence-electron chi connectivity index (χ2n) is 6.15. The lowest BCUT2D eigenvalue weighted by Crippen LogP contribution is -2.57. The zero-order valence-corrected chi connectivity index (χ0v) is 13.3. The summed E-state index contributed by atoms with van der Waals surface area (Å²) in [6.07, 6.45) is 4.96. The van der Waals surface area contributed by atoms with Crippen LogP contribution >= 0.6 is 0 Å². The first kappa shape index (κ1) is 15.9. The molecule has 0 aromatic carbocycles. The Balaban J connectivity index is 1.75. The Morgan fingerprint density at radius 2 is 2.09 bits per heavy atom. The molecule has 0 saturated carbocycles. The van der Waals surface area contributed by atoms with Crippen molar-refractivity contribution in [3.63, 3.8) is 0 Å². The summed E-state index contributed by atoms with van der Waals surface area (Å²) in [6.45, 7) is 2.06. The summed E-state index contributed by atoms with van der Waals surface area (Å²) in [5, 5.41) is 3.08. The summed E-state index contributed by atoms with van der Waals surface area (Å²) in [7, 11) is 1.82. The Labute approximate surface area is 135 Å². The van der Waals surface area contributed by atoms with Crippen LogP contribution in [-0.4, -0.2) is 59.5 Å². The number of amides is 1. The summed E-state index contributed by atoms with van der Waals surface area (Å²) in [5.41, 5.74) is 5.54. The number of nitrogens with zero attached hydrogens (tertiary/aromatic N) is 4. The molecule has 0 radical (unpaired) electrons. The lowest BCUT2D eigenvalue weighted by molar-refractivity contribution is -0.138. The van der Waals surface area contributed by atoms with Gasteiger partial charge in [0, 0.05) is 25.7 Å². The molecule has 1 unspecified atom stereocenters. The molecule has 2 saturated heterocycles. The van der Waals surface area contributed by atoms with Crippen LogP contribution in [-0.2, 0) is 4.79 Å². The van der Waals surface area contributed by atoms with Crippen molar-refractivity contribution >= 4 is 17.5 Å². The van der Waals surface area contributed by atoms with Crippen LogP contribution in [0.25, 0.3) is 0 Å². The number of nitrogens with one attached hydrogen (secondary N) is 1. The van der Waals surface area contributed by atoms with Gasteiger partial charge in [-0.15, -0.1) is 0 Å². The number of carbonyl (C=O) groups excluding carboxylic acids is 1. The van der Waals surface area contributed by atoms with Crippen LogP contribution in [0.2, 0.25) is 0 Å². The largest absolute Gasteiger partial charge is 0.381 e. The van der Waals surface area contributed by atoms with E-state index in [1.165, 1.54) is 6.33 Å². The van der Waals surface area contributed by atoms with Crippen LogP contribution in [0.4, 0.5) is 16.0 Å². The first-order valence-electron chi connectivity index (χ1n) is 8.10. The normalized spacial score (nSPS) is 25.7. The van der Waals surface area contributed by atoms with Gasteiger partial charge in [-0.2, -0.15) is 4.39 Å². The number of hydrogen-bond acceptors (Lipinski definition) is 6. The number of piperidine rings is 2. The standard InChI is InChI=1S/C15H23FN6O/c1-18-11-5-3-7-22(15(11)23)10-4-2-6-21(8-10)14-12(16)13(17)19-9-20-14/h9-11,18H,2-8H2,1H3,(H2,17,19,20)/t10-,11?/m1/s1. The molecule has 3 rings (SSSR count). The molecule has 2 aliphatic heterocycles. The maximum Gasteiger partial charge on any atom is 0.240 e. The van der Waals surface area contributed by atoms with E-state index in [4.69, 9.17) is 5.73 Å². The van der Waals surface area contributed by atoms with Gasteiger partial charge in [-0.1, -0.05) is 0 Å². The van der Waals surface area contributed by atoms with Crippen LogP contribution < -0.4 is 16.0 Å². The summed E-state index contributed by atoms with van der Waals surface area (Å²) in [4.78, 5) is 24.1. The van der Waals surface area contributed by atoms with Gasteiger partial charge in [-0.05, 0) is 32.7 Å². The number of likely N-dealkylation sites (N-methyl/N-ethyl adjacent to an activating group) is 1. The molecule has 3 heterocycles. The molecule has 8 heteroatoms. The van der Waals surface area contributed by atoms with Gasteiger partial charge in [0.1, 0.15) is 6.33 Å². The van der Waals surface area contributed by atoms with Crippen LogP contribution in [0.3, 0.4) is 0 Å². The van der Waals surface area contributed by atoms with Crippen molar-refractivity contribution in [3.05, 3.63) is 12.1 Å². The van der Waals surface area contributed by atoms with Crippen LogP contribution in [0.5, 0.6) is 0 Å². The minimum Gasteiger partial charge on any atom is -0.381 e. The molecule has 0 bridgehead atoms. The average molecular weight is 322 g/mol. The van der Waals surface area contributed by atoms with E-state index in [1.54, 1.807) is 0 Å². The highest BCUT2D eigenvalue weighted by atomic mass is 19.1. The van der Waals surface area contributed by atoms with E-state index in [1.807, 2.05) is 16.8 Å².